The summed E-state index contributed by atoms with van der Waals surface area (Å²) in [6, 6.07) is 6.24. The van der Waals surface area contributed by atoms with Crippen molar-refractivity contribution in [2.24, 2.45) is 5.92 Å². The third kappa shape index (κ3) is 2.92. The Bertz CT molecular complexity index is 586. The largest absolute Gasteiger partial charge is 0.442 e. The summed E-state index contributed by atoms with van der Waals surface area (Å²) in [6.07, 6.45) is -7.28. The minimum absolute atomic E-state index is 0.206. The molecule has 2 rings (SSSR count). The van der Waals surface area contributed by atoms with E-state index >= 15 is 0 Å². The molecule has 0 saturated heterocycles. The molecule has 0 spiro atoms. The Labute approximate surface area is 112 Å². The van der Waals surface area contributed by atoms with Gasteiger partial charge in [-0.05, 0) is 12.1 Å². The molecule has 0 amide bonds. The molecule has 20 heavy (non-hydrogen) atoms. The summed E-state index contributed by atoms with van der Waals surface area (Å²) in [5.41, 5.74) is 0.481. The van der Waals surface area contributed by atoms with Crippen LogP contribution in [0.4, 0.5) is 13.2 Å². The molecule has 4 nitrogen and oxygen atoms in total. The van der Waals surface area contributed by atoms with Gasteiger partial charge in [-0.3, -0.25) is 4.79 Å². The van der Waals surface area contributed by atoms with E-state index < -0.39 is 30.1 Å². The molecule has 7 heteroatoms. The first-order valence-corrected chi connectivity index (χ1v) is 5.91. The molecule has 0 bridgehead atoms. The van der Waals surface area contributed by atoms with Crippen molar-refractivity contribution in [1.82, 2.24) is 4.98 Å². The number of alkyl halides is 3. The van der Waals surface area contributed by atoms with Gasteiger partial charge < -0.3 is 9.15 Å². The molecule has 0 saturated carbocycles. The number of para-hydroxylation sites is 2. The number of hydrogen-bond donors (Lipinski definition) is 0. The van der Waals surface area contributed by atoms with Crippen molar-refractivity contribution in [1.29, 1.82) is 0 Å². The lowest BCUT2D eigenvalue weighted by molar-refractivity contribution is -0.230. The maximum Gasteiger partial charge on any atom is 0.434 e. The highest BCUT2D eigenvalue weighted by atomic mass is 19.4. The summed E-state index contributed by atoms with van der Waals surface area (Å²) in [5, 5.41) is 0. The highest BCUT2D eigenvalue weighted by molar-refractivity contribution is 5.73. The molecule has 0 aliphatic rings. The highest BCUT2D eigenvalue weighted by Gasteiger charge is 2.47. The van der Waals surface area contributed by atoms with Crippen LogP contribution in [-0.4, -0.2) is 17.1 Å². The molecule has 108 valence electrons. The van der Waals surface area contributed by atoms with Crippen LogP contribution in [0.2, 0.25) is 0 Å². The third-order valence-electron chi connectivity index (χ3n) is 2.54. The number of carbonyl (C=O) groups excluding carboxylic acids is 1. The number of fused-ring (bicyclic) bond motifs is 1. The summed E-state index contributed by atoms with van der Waals surface area (Å²) in [6.45, 7) is 2.89. The maximum absolute atomic E-state index is 13.0. The number of benzene rings is 1. The zero-order chi connectivity index (χ0) is 14.9. The SMILES string of the molecule is CC(C)C(=O)OC(c1nc2ccccc2o1)C(F)(F)F. The van der Waals surface area contributed by atoms with Gasteiger partial charge >= 0.3 is 12.1 Å². The van der Waals surface area contributed by atoms with E-state index in [2.05, 4.69) is 9.72 Å². The summed E-state index contributed by atoms with van der Waals surface area (Å²) in [7, 11) is 0. The van der Waals surface area contributed by atoms with Gasteiger partial charge in [-0.1, -0.05) is 26.0 Å². The zero-order valence-corrected chi connectivity index (χ0v) is 10.8. The molecule has 0 N–H and O–H groups in total. The van der Waals surface area contributed by atoms with Crippen LogP contribution in [0.25, 0.3) is 11.1 Å². The standard InChI is InChI=1S/C13H12F3NO3/c1-7(2)12(18)20-10(13(14,15)16)11-17-8-5-3-4-6-9(8)19-11/h3-7,10H,1-2H3. The van der Waals surface area contributed by atoms with Crippen LogP contribution < -0.4 is 0 Å². The van der Waals surface area contributed by atoms with Gasteiger partial charge in [0.1, 0.15) is 5.52 Å². The van der Waals surface area contributed by atoms with E-state index in [1.54, 1.807) is 12.1 Å². The second-order valence-corrected chi connectivity index (χ2v) is 4.53. The smallest absolute Gasteiger partial charge is 0.434 e. The Morgan fingerprint density at radius 2 is 1.95 bits per heavy atom. The molecule has 0 aliphatic carbocycles. The van der Waals surface area contributed by atoms with Crippen LogP contribution in [0.15, 0.2) is 28.7 Å². The van der Waals surface area contributed by atoms with Gasteiger partial charge in [0.15, 0.2) is 5.58 Å². The Morgan fingerprint density at radius 3 is 2.50 bits per heavy atom. The first kappa shape index (κ1) is 14.4. The molecule has 1 atom stereocenters. The summed E-state index contributed by atoms with van der Waals surface area (Å²) >= 11 is 0. The molecule has 0 aliphatic heterocycles. The Hall–Kier alpha value is -2.05. The molecule has 1 heterocycles. The molecular formula is C13H12F3NO3. The van der Waals surface area contributed by atoms with Gasteiger partial charge in [0.2, 0.25) is 5.89 Å². The highest BCUT2D eigenvalue weighted by Crippen LogP contribution is 2.37. The number of hydrogen-bond acceptors (Lipinski definition) is 4. The lowest BCUT2D eigenvalue weighted by Crippen LogP contribution is -2.28. The first-order chi connectivity index (χ1) is 9.29. The minimum Gasteiger partial charge on any atom is -0.442 e. The predicted molar refractivity (Wildman–Crippen MR) is 63.7 cm³/mol. The molecule has 0 fully saturated rings. The van der Waals surface area contributed by atoms with Gasteiger partial charge in [0.05, 0.1) is 5.92 Å². The van der Waals surface area contributed by atoms with Gasteiger partial charge in [-0.25, -0.2) is 4.98 Å². The van der Waals surface area contributed by atoms with E-state index in [1.807, 2.05) is 0 Å². The van der Waals surface area contributed by atoms with Crippen molar-refractivity contribution < 1.29 is 27.1 Å². The number of ether oxygens (including phenoxy) is 1. The fourth-order valence-corrected chi connectivity index (χ4v) is 1.51. The van der Waals surface area contributed by atoms with Crippen molar-refractivity contribution in [2.75, 3.05) is 0 Å². The second kappa shape index (κ2) is 5.15. The van der Waals surface area contributed by atoms with Crippen LogP contribution >= 0.6 is 0 Å². The number of oxazole rings is 1. The number of esters is 1. The molecular weight excluding hydrogens is 275 g/mol. The average Bonchev–Trinajstić information content (AvgIpc) is 2.76. The summed E-state index contributed by atoms with van der Waals surface area (Å²) in [4.78, 5) is 15.1. The van der Waals surface area contributed by atoms with E-state index in [-0.39, 0.29) is 11.1 Å². The van der Waals surface area contributed by atoms with E-state index in [1.165, 1.54) is 26.0 Å². The van der Waals surface area contributed by atoms with Crippen LogP contribution in [-0.2, 0) is 9.53 Å². The lowest BCUT2D eigenvalue weighted by Gasteiger charge is -2.18. The monoisotopic (exact) mass is 287 g/mol. The second-order valence-electron chi connectivity index (χ2n) is 4.53. The zero-order valence-electron chi connectivity index (χ0n) is 10.8. The van der Waals surface area contributed by atoms with Crippen molar-refractivity contribution in [3.05, 3.63) is 30.2 Å². The van der Waals surface area contributed by atoms with Crippen molar-refractivity contribution in [3.63, 3.8) is 0 Å². The predicted octanol–water partition coefficient (Wildman–Crippen LogP) is 3.63. The van der Waals surface area contributed by atoms with Gasteiger partial charge in [-0.15, -0.1) is 0 Å². The van der Waals surface area contributed by atoms with E-state index in [0.29, 0.717) is 0 Å². The normalized spacial score (nSPS) is 13.7. The molecule has 0 radical (unpaired) electrons. The average molecular weight is 287 g/mol. The molecule has 1 unspecified atom stereocenters. The molecule has 1 aromatic heterocycles. The minimum atomic E-state index is -4.79. The fraction of sp³-hybridized carbons (Fsp3) is 0.385. The van der Waals surface area contributed by atoms with E-state index in [4.69, 9.17) is 4.42 Å². The molecule has 1 aromatic carbocycles. The van der Waals surface area contributed by atoms with Crippen molar-refractivity contribution in [2.45, 2.75) is 26.1 Å². The number of carbonyl (C=O) groups is 1. The van der Waals surface area contributed by atoms with Crippen LogP contribution in [0.3, 0.4) is 0 Å². The van der Waals surface area contributed by atoms with Crippen molar-refractivity contribution in [3.8, 4) is 0 Å². The number of nitrogens with zero attached hydrogens (tertiary/aromatic N) is 1. The summed E-state index contributed by atoms with van der Waals surface area (Å²) in [5.74, 6) is -2.31. The Kier molecular flexibility index (Phi) is 3.69. The Balaban J connectivity index is 2.38. The van der Waals surface area contributed by atoms with Crippen LogP contribution in [0, 0.1) is 5.92 Å². The first-order valence-electron chi connectivity index (χ1n) is 5.91. The van der Waals surface area contributed by atoms with Crippen LogP contribution in [0.1, 0.15) is 25.8 Å². The number of rotatable bonds is 3. The Morgan fingerprint density at radius 1 is 1.30 bits per heavy atom. The fourth-order valence-electron chi connectivity index (χ4n) is 1.51. The topological polar surface area (TPSA) is 52.3 Å². The quantitative estimate of drug-likeness (QED) is 0.809. The lowest BCUT2D eigenvalue weighted by atomic mass is 10.2. The maximum atomic E-state index is 13.0. The van der Waals surface area contributed by atoms with Crippen LogP contribution in [0.5, 0.6) is 0 Å². The molecule has 2 aromatic rings. The number of halogens is 3. The summed E-state index contributed by atoms with van der Waals surface area (Å²) < 4.78 is 48.4. The van der Waals surface area contributed by atoms with Gasteiger partial charge in [0.25, 0.3) is 6.10 Å². The third-order valence-corrected chi connectivity index (χ3v) is 2.54. The van der Waals surface area contributed by atoms with E-state index in [0.717, 1.165) is 0 Å². The van der Waals surface area contributed by atoms with E-state index in [9.17, 15) is 18.0 Å². The number of aromatic nitrogens is 1. The van der Waals surface area contributed by atoms with Gasteiger partial charge in [0, 0.05) is 0 Å². The van der Waals surface area contributed by atoms with Crippen molar-refractivity contribution >= 4 is 17.1 Å². The van der Waals surface area contributed by atoms with Gasteiger partial charge in [-0.2, -0.15) is 13.2 Å².